The number of unbranched alkanes of at least 4 members (excludes halogenated alkanes) is 1. The molecule has 2 aliphatic heterocycles. The van der Waals surface area contributed by atoms with E-state index in [0.29, 0.717) is 37.4 Å². The third-order valence-corrected chi connectivity index (χ3v) is 6.82. The molecule has 8 nitrogen and oxygen atoms in total. The van der Waals surface area contributed by atoms with Gasteiger partial charge in [0.2, 0.25) is 11.8 Å². The van der Waals surface area contributed by atoms with Gasteiger partial charge in [0.1, 0.15) is 12.1 Å². The zero-order valence-electron chi connectivity index (χ0n) is 18.3. The number of hydrogen-bond acceptors (Lipinski definition) is 6. The molecule has 4 atom stereocenters. The lowest BCUT2D eigenvalue weighted by atomic mass is 9.80. The number of hydrogen-bond donors (Lipinski definition) is 3. The van der Waals surface area contributed by atoms with Gasteiger partial charge in [-0.15, -0.1) is 0 Å². The summed E-state index contributed by atoms with van der Waals surface area (Å²) in [6, 6.07) is 12.1. The molecular weight excluding hydrogens is 406 g/mol. The van der Waals surface area contributed by atoms with Crippen LogP contribution in [0.5, 0.6) is 0 Å². The number of pyridine rings is 1. The van der Waals surface area contributed by atoms with E-state index in [1.807, 2.05) is 36.4 Å². The maximum absolute atomic E-state index is 12.3. The van der Waals surface area contributed by atoms with Crippen molar-refractivity contribution in [1.29, 1.82) is 0 Å². The Morgan fingerprint density at radius 1 is 1.19 bits per heavy atom. The van der Waals surface area contributed by atoms with Gasteiger partial charge >= 0.3 is 0 Å². The second-order valence-corrected chi connectivity index (χ2v) is 9.07. The molecule has 0 spiro atoms. The number of para-hydroxylation sites is 1. The highest BCUT2D eigenvalue weighted by molar-refractivity contribution is 5.91. The molecule has 170 valence electrons. The van der Waals surface area contributed by atoms with Gasteiger partial charge in [-0.2, -0.15) is 0 Å². The number of anilines is 1. The van der Waals surface area contributed by atoms with Crippen LogP contribution in [0.25, 0.3) is 10.9 Å². The Morgan fingerprint density at radius 3 is 3.03 bits per heavy atom. The van der Waals surface area contributed by atoms with Crippen LogP contribution in [0, 0.1) is 5.92 Å². The van der Waals surface area contributed by atoms with Crippen LogP contribution in [0.4, 0.5) is 5.82 Å². The molecule has 0 radical (unpaired) electrons. The summed E-state index contributed by atoms with van der Waals surface area (Å²) in [5.41, 5.74) is 0.877. The van der Waals surface area contributed by atoms with Crippen LogP contribution in [0.3, 0.4) is 0 Å². The van der Waals surface area contributed by atoms with Crippen molar-refractivity contribution < 1.29 is 14.3 Å². The van der Waals surface area contributed by atoms with Gasteiger partial charge in [-0.25, -0.2) is 4.98 Å². The minimum Gasteiger partial charge on any atom is -0.378 e. The highest BCUT2D eigenvalue weighted by Gasteiger charge is 2.44. The van der Waals surface area contributed by atoms with Crippen LogP contribution in [0.1, 0.15) is 38.5 Å². The van der Waals surface area contributed by atoms with Gasteiger partial charge in [-0.3, -0.25) is 19.8 Å². The molecule has 1 aromatic heterocycles. The molecule has 32 heavy (non-hydrogen) atoms. The van der Waals surface area contributed by atoms with E-state index in [-0.39, 0.29) is 24.2 Å². The summed E-state index contributed by atoms with van der Waals surface area (Å²) in [5, 5.41) is 10.5. The van der Waals surface area contributed by atoms with Crippen LogP contribution in [0.2, 0.25) is 0 Å². The van der Waals surface area contributed by atoms with Gasteiger partial charge in [-0.1, -0.05) is 18.2 Å². The summed E-state index contributed by atoms with van der Waals surface area (Å²) < 4.78 is 6.26. The Kier molecular flexibility index (Phi) is 6.34. The zero-order chi connectivity index (χ0) is 21.9. The number of fused-ring (bicyclic) bond motifs is 3. The van der Waals surface area contributed by atoms with Gasteiger partial charge in [-0.05, 0) is 50.3 Å². The van der Waals surface area contributed by atoms with Crippen molar-refractivity contribution in [3.05, 3.63) is 36.4 Å². The molecule has 1 aliphatic carbocycles. The monoisotopic (exact) mass is 437 g/mol. The summed E-state index contributed by atoms with van der Waals surface area (Å²) in [4.78, 5) is 30.7. The van der Waals surface area contributed by atoms with Gasteiger partial charge in [0.05, 0.1) is 18.2 Å². The predicted molar refractivity (Wildman–Crippen MR) is 122 cm³/mol. The lowest BCUT2D eigenvalue weighted by Gasteiger charge is -2.46. The molecule has 3 heterocycles. The zero-order valence-corrected chi connectivity index (χ0v) is 18.3. The van der Waals surface area contributed by atoms with Crippen LogP contribution in [0.15, 0.2) is 36.4 Å². The summed E-state index contributed by atoms with van der Waals surface area (Å²) in [6.07, 6.45) is 5.63. The van der Waals surface area contributed by atoms with E-state index >= 15 is 0 Å². The van der Waals surface area contributed by atoms with Gasteiger partial charge in [0, 0.05) is 36.9 Å². The summed E-state index contributed by atoms with van der Waals surface area (Å²) in [6.45, 7) is 2.03. The Labute approximate surface area is 188 Å². The van der Waals surface area contributed by atoms with Crippen molar-refractivity contribution in [2.24, 2.45) is 5.92 Å². The first-order chi connectivity index (χ1) is 15.7. The van der Waals surface area contributed by atoms with Gasteiger partial charge in [0.15, 0.2) is 0 Å². The first-order valence-corrected chi connectivity index (χ1v) is 11.7. The highest BCUT2D eigenvalue weighted by Crippen LogP contribution is 2.32. The molecule has 4 unspecified atom stereocenters. The number of nitrogens with one attached hydrogen (secondary N) is 3. The van der Waals surface area contributed by atoms with E-state index in [1.165, 1.54) is 0 Å². The molecule has 3 fully saturated rings. The van der Waals surface area contributed by atoms with Crippen molar-refractivity contribution in [3.8, 4) is 0 Å². The third kappa shape index (κ3) is 4.77. The lowest BCUT2D eigenvalue weighted by molar-refractivity contribution is -0.119. The minimum absolute atomic E-state index is 0.0146. The smallest absolute Gasteiger partial charge is 0.236 e. The summed E-state index contributed by atoms with van der Waals surface area (Å²) in [7, 11) is 0. The molecule has 3 aliphatic rings. The van der Waals surface area contributed by atoms with E-state index in [9.17, 15) is 9.59 Å². The number of benzene rings is 1. The van der Waals surface area contributed by atoms with Crippen molar-refractivity contribution >= 4 is 28.5 Å². The van der Waals surface area contributed by atoms with Crippen LogP contribution >= 0.6 is 0 Å². The number of aromatic nitrogens is 1. The predicted octanol–water partition coefficient (Wildman–Crippen LogP) is 2.22. The van der Waals surface area contributed by atoms with Crippen molar-refractivity contribution in [2.45, 2.75) is 57.0 Å². The Morgan fingerprint density at radius 2 is 2.09 bits per heavy atom. The highest BCUT2D eigenvalue weighted by atomic mass is 16.5. The van der Waals surface area contributed by atoms with Gasteiger partial charge in [0.25, 0.3) is 0 Å². The third-order valence-electron chi connectivity index (χ3n) is 6.82. The molecule has 3 N–H and O–H groups in total. The number of nitrogens with zero attached hydrogens (tertiary/aromatic N) is 2. The van der Waals surface area contributed by atoms with Crippen molar-refractivity contribution in [3.63, 3.8) is 0 Å². The van der Waals surface area contributed by atoms with Crippen molar-refractivity contribution in [1.82, 2.24) is 20.5 Å². The Bertz CT molecular complexity index is 983. The number of rotatable bonds is 7. The minimum atomic E-state index is -0.0156. The second kappa shape index (κ2) is 9.52. The lowest BCUT2D eigenvalue weighted by Crippen LogP contribution is -2.64. The largest absolute Gasteiger partial charge is 0.378 e. The molecule has 2 amide bonds. The molecule has 2 saturated heterocycles. The van der Waals surface area contributed by atoms with Crippen LogP contribution in [-0.2, 0) is 14.3 Å². The van der Waals surface area contributed by atoms with E-state index in [2.05, 4.69) is 25.8 Å². The molecule has 1 saturated carbocycles. The Balaban J connectivity index is 1.04. The summed E-state index contributed by atoms with van der Waals surface area (Å²) in [5.74, 6) is 1.08. The van der Waals surface area contributed by atoms with E-state index in [0.717, 1.165) is 49.6 Å². The summed E-state index contributed by atoms with van der Waals surface area (Å²) >= 11 is 0. The second-order valence-electron chi connectivity index (χ2n) is 9.07. The topological polar surface area (TPSA) is 95.6 Å². The Hall–Kier alpha value is -2.55. The normalized spacial score (nSPS) is 27.6. The van der Waals surface area contributed by atoms with E-state index in [4.69, 9.17) is 4.74 Å². The van der Waals surface area contributed by atoms with E-state index in [1.54, 1.807) is 0 Å². The fourth-order valence-corrected chi connectivity index (χ4v) is 5.20. The van der Waals surface area contributed by atoms with E-state index < -0.39 is 0 Å². The molecule has 2 aromatic rings. The molecule has 0 bridgehead atoms. The number of amides is 2. The molecule has 8 heteroatoms. The fourth-order valence-electron chi connectivity index (χ4n) is 5.20. The average Bonchev–Trinajstić information content (AvgIpc) is 3.16. The number of ether oxygens (including phenoxy) is 1. The number of carbonyl (C=O) groups excluding carboxylic acids is 2. The van der Waals surface area contributed by atoms with Crippen LogP contribution < -0.4 is 16.0 Å². The van der Waals surface area contributed by atoms with Crippen LogP contribution in [-0.4, -0.2) is 59.8 Å². The van der Waals surface area contributed by atoms with Gasteiger partial charge < -0.3 is 15.4 Å². The average molecular weight is 438 g/mol. The number of carbonyl (C=O) groups is 2. The first-order valence-electron chi connectivity index (χ1n) is 11.7. The maximum atomic E-state index is 12.3. The quantitative estimate of drug-likeness (QED) is 0.575. The van der Waals surface area contributed by atoms with Crippen molar-refractivity contribution in [2.75, 3.05) is 25.0 Å². The molecular formula is C24H31N5O3. The molecule has 5 rings (SSSR count). The first kappa shape index (κ1) is 21.3. The SMILES string of the molecule is O=C(CCCCOC1CCCC2NC3NC(=O)CN3CC21)Nc1ccc2ccccc2n1. The molecule has 1 aromatic carbocycles. The standard InChI is InChI=1S/C24H31N5O3/c30-22(27-21-12-11-16-6-1-2-7-18(16)25-21)10-3-4-13-32-20-9-5-8-19-17(20)14-29-15-23(31)28-24(29)26-19/h1-2,6-7,11-12,17,19-20,24,26H,3-5,8-10,13-15H2,(H,28,31)(H,25,27,30). The fraction of sp³-hybridized carbons (Fsp3) is 0.542. The maximum Gasteiger partial charge on any atom is 0.236 e.